The molecule has 0 aliphatic carbocycles. The zero-order chi connectivity index (χ0) is 14.8. The lowest BCUT2D eigenvalue weighted by Gasteiger charge is -2.10. The third-order valence-corrected chi connectivity index (χ3v) is 3.86. The molecule has 1 unspecified atom stereocenters. The van der Waals surface area contributed by atoms with Gasteiger partial charge in [-0.15, -0.1) is 16.7 Å². The summed E-state index contributed by atoms with van der Waals surface area (Å²) in [5, 5.41) is 8.25. The van der Waals surface area contributed by atoms with Crippen LogP contribution in [0.2, 0.25) is 5.02 Å². The predicted molar refractivity (Wildman–Crippen MR) is 83.7 cm³/mol. The van der Waals surface area contributed by atoms with Crippen molar-refractivity contribution in [2.24, 2.45) is 0 Å². The van der Waals surface area contributed by atoms with E-state index in [9.17, 15) is 0 Å². The molecule has 0 bridgehead atoms. The molecule has 5 nitrogen and oxygen atoms in total. The van der Waals surface area contributed by atoms with Gasteiger partial charge < -0.3 is 4.57 Å². The van der Waals surface area contributed by atoms with Crippen molar-refractivity contribution in [3.63, 3.8) is 0 Å². The van der Waals surface area contributed by atoms with E-state index in [2.05, 4.69) is 19.9 Å². The van der Waals surface area contributed by atoms with Crippen LogP contribution in [0.25, 0.3) is 11.0 Å². The minimum atomic E-state index is -0.167. The molecule has 2 aromatic heterocycles. The maximum Gasteiger partial charge on any atom is 0.127 e. The number of hydrogen-bond acceptors (Lipinski definition) is 3. The highest BCUT2D eigenvalue weighted by Gasteiger charge is 2.16. The third kappa shape index (κ3) is 2.89. The number of fused-ring (bicyclic) bond motifs is 1. The average Bonchev–Trinajstić information content (AvgIpc) is 3.08. The Balaban J connectivity index is 1.88. The van der Waals surface area contributed by atoms with Crippen LogP contribution in [0.5, 0.6) is 0 Å². The largest absolute Gasteiger partial charge is 0.327 e. The fourth-order valence-corrected chi connectivity index (χ4v) is 2.79. The molecule has 2 heterocycles. The van der Waals surface area contributed by atoms with E-state index in [1.165, 1.54) is 0 Å². The summed E-state index contributed by atoms with van der Waals surface area (Å²) < 4.78 is 3.95. The van der Waals surface area contributed by atoms with Crippen LogP contribution in [-0.4, -0.2) is 24.5 Å². The number of nitrogens with zero attached hydrogens (tertiary/aromatic N) is 5. The second-order valence-electron chi connectivity index (χ2n) is 4.86. The molecule has 110 valence electrons. The van der Waals surface area contributed by atoms with Crippen LogP contribution in [0.15, 0.2) is 30.6 Å². The molecule has 0 fully saturated rings. The first-order chi connectivity index (χ1) is 10.2. The summed E-state index contributed by atoms with van der Waals surface area (Å²) in [6, 6.07) is 5.80. The molecule has 0 saturated carbocycles. The van der Waals surface area contributed by atoms with Gasteiger partial charge in [-0.25, -0.2) is 4.98 Å². The number of aromatic nitrogens is 5. The monoisotopic (exact) mass is 323 g/mol. The molecule has 0 N–H and O–H groups in total. The lowest BCUT2D eigenvalue weighted by atomic mass is 10.3. The van der Waals surface area contributed by atoms with Gasteiger partial charge in [-0.1, -0.05) is 22.9 Å². The molecule has 0 saturated heterocycles. The standard InChI is InChI=1S/C14H15Cl2N5/c1-10(15)14-18-13-11(16)4-2-5-12(13)21(14)8-3-7-20-9-6-17-19-20/h2,4-6,9-10H,3,7-8H2,1H3. The van der Waals surface area contributed by atoms with Gasteiger partial charge in [0.05, 0.1) is 22.1 Å². The van der Waals surface area contributed by atoms with Crippen molar-refractivity contribution in [1.82, 2.24) is 24.5 Å². The van der Waals surface area contributed by atoms with Crippen LogP contribution < -0.4 is 0 Å². The first-order valence-corrected chi connectivity index (χ1v) is 7.61. The highest BCUT2D eigenvalue weighted by Crippen LogP contribution is 2.28. The minimum Gasteiger partial charge on any atom is -0.327 e. The molecule has 1 aromatic carbocycles. The summed E-state index contributed by atoms with van der Waals surface area (Å²) in [6.45, 7) is 3.53. The van der Waals surface area contributed by atoms with Crippen LogP contribution in [-0.2, 0) is 13.1 Å². The van der Waals surface area contributed by atoms with Crippen molar-refractivity contribution in [2.75, 3.05) is 0 Å². The quantitative estimate of drug-likeness (QED) is 0.673. The predicted octanol–water partition coefficient (Wildman–Crippen LogP) is 3.67. The number of rotatable bonds is 5. The highest BCUT2D eigenvalue weighted by molar-refractivity contribution is 6.35. The molecule has 0 aliphatic rings. The first kappa shape index (κ1) is 14.4. The van der Waals surface area contributed by atoms with Gasteiger partial charge in [-0.3, -0.25) is 4.68 Å². The zero-order valence-corrected chi connectivity index (χ0v) is 13.1. The smallest absolute Gasteiger partial charge is 0.127 e. The van der Waals surface area contributed by atoms with E-state index in [0.29, 0.717) is 5.02 Å². The van der Waals surface area contributed by atoms with E-state index in [-0.39, 0.29) is 5.38 Å². The van der Waals surface area contributed by atoms with Gasteiger partial charge in [0.2, 0.25) is 0 Å². The number of para-hydroxylation sites is 1. The van der Waals surface area contributed by atoms with E-state index in [0.717, 1.165) is 36.4 Å². The number of halogens is 2. The van der Waals surface area contributed by atoms with Crippen LogP contribution in [0, 0.1) is 0 Å². The van der Waals surface area contributed by atoms with E-state index >= 15 is 0 Å². The molecule has 0 spiro atoms. The molecule has 7 heteroatoms. The summed E-state index contributed by atoms with van der Waals surface area (Å²) in [5.41, 5.74) is 1.83. The second-order valence-corrected chi connectivity index (χ2v) is 5.93. The molecular weight excluding hydrogens is 309 g/mol. The van der Waals surface area contributed by atoms with Crippen molar-refractivity contribution < 1.29 is 0 Å². The Morgan fingerprint density at radius 1 is 1.29 bits per heavy atom. The van der Waals surface area contributed by atoms with Gasteiger partial charge in [0.15, 0.2) is 0 Å². The van der Waals surface area contributed by atoms with Crippen LogP contribution in [0.1, 0.15) is 24.5 Å². The molecule has 0 aliphatic heterocycles. The Morgan fingerprint density at radius 2 is 2.14 bits per heavy atom. The summed E-state index contributed by atoms with van der Waals surface area (Å²) in [6.07, 6.45) is 4.45. The topological polar surface area (TPSA) is 48.5 Å². The zero-order valence-electron chi connectivity index (χ0n) is 11.6. The number of hydrogen-bond donors (Lipinski definition) is 0. The number of imidazole rings is 1. The molecule has 3 aromatic rings. The SMILES string of the molecule is CC(Cl)c1nc2c(Cl)cccc2n1CCCn1ccnn1. The summed E-state index contributed by atoms with van der Waals surface area (Å²) in [4.78, 5) is 4.59. The number of benzene rings is 1. The van der Waals surface area contributed by atoms with Crippen molar-refractivity contribution >= 4 is 34.2 Å². The fourth-order valence-electron chi connectivity index (χ4n) is 2.41. The van der Waals surface area contributed by atoms with Crippen LogP contribution in [0.3, 0.4) is 0 Å². The number of aryl methyl sites for hydroxylation is 2. The summed E-state index contributed by atoms with van der Waals surface area (Å²) in [7, 11) is 0. The Hall–Kier alpha value is -1.59. The molecule has 0 amide bonds. The lowest BCUT2D eigenvalue weighted by molar-refractivity contribution is 0.511. The Labute approximate surface area is 132 Å². The van der Waals surface area contributed by atoms with E-state index < -0.39 is 0 Å². The molecule has 3 rings (SSSR count). The molecule has 21 heavy (non-hydrogen) atoms. The molecule has 1 atom stereocenters. The maximum absolute atomic E-state index is 6.26. The normalized spacial score (nSPS) is 12.9. The van der Waals surface area contributed by atoms with Crippen molar-refractivity contribution in [2.45, 2.75) is 31.8 Å². The average molecular weight is 324 g/mol. The van der Waals surface area contributed by atoms with Gasteiger partial charge in [0.25, 0.3) is 0 Å². The van der Waals surface area contributed by atoms with Gasteiger partial charge >= 0.3 is 0 Å². The van der Waals surface area contributed by atoms with Crippen molar-refractivity contribution in [1.29, 1.82) is 0 Å². The van der Waals surface area contributed by atoms with E-state index in [1.807, 2.05) is 36.0 Å². The van der Waals surface area contributed by atoms with Gasteiger partial charge in [-0.05, 0) is 25.5 Å². The van der Waals surface area contributed by atoms with Crippen LogP contribution >= 0.6 is 23.2 Å². The summed E-state index contributed by atoms with van der Waals surface area (Å²) >= 11 is 12.5. The molecular formula is C14H15Cl2N5. The number of alkyl halides is 1. The fraction of sp³-hybridized carbons (Fsp3) is 0.357. The Bertz CT molecular complexity index is 733. The molecule has 0 radical (unpaired) electrons. The van der Waals surface area contributed by atoms with Gasteiger partial charge in [-0.2, -0.15) is 0 Å². The third-order valence-electron chi connectivity index (χ3n) is 3.36. The highest BCUT2D eigenvalue weighted by atomic mass is 35.5. The minimum absolute atomic E-state index is 0.167. The summed E-state index contributed by atoms with van der Waals surface area (Å²) in [5.74, 6) is 0.846. The van der Waals surface area contributed by atoms with Crippen molar-refractivity contribution in [3.8, 4) is 0 Å². The lowest BCUT2D eigenvalue weighted by Crippen LogP contribution is -2.08. The van der Waals surface area contributed by atoms with Gasteiger partial charge in [0, 0.05) is 19.3 Å². The van der Waals surface area contributed by atoms with E-state index in [4.69, 9.17) is 23.2 Å². The van der Waals surface area contributed by atoms with Crippen molar-refractivity contribution in [3.05, 3.63) is 41.4 Å². The Morgan fingerprint density at radius 3 is 2.86 bits per heavy atom. The van der Waals surface area contributed by atoms with E-state index in [1.54, 1.807) is 6.20 Å². The Kier molecular flexibility index (Phi) is 4.12. The van der Waals surface area contributed by atoms with Gasteiger partial charge in [0.1, 0.15) is 11.3 Å². The second kappa shape index (κ2) is 6.03. The van der Waals surface area contributed by atoms with Crippen LogP contribution in [0.4, 0.5) is 0 Å². The maximum atomic E-state index is 6.26. The first-order valence-electron chi connectivity index (χ1n) is 6.79.